The van der Waals surface area contributed by atoms with Crippen molar-refractivity contribution in [2.45, 2.75) is 52.0 Å². The van der Waals surface area contributed by atoms with E-state index >= 15 is 0 Å². The Morgan fingerprint density at radius 1 is 1.24 bits per heavy atom. The molecule has 1 amide bonds. The monoisotopic (exact) mass is 238 g/mol. The van der Waals surface area contributed by atoms with Gasteiger partial charge < -0.3 is 10.6 Å². The van der Waals surface area contributed by atoms with Crippen LogP contribution >= 0.6 is 0 Å². The summed E-state index contributed by atoms with van der Waals surface area (Å²) in [5, 5.41) is 0. The Kier molecular flexibility index (Phi) is 4.08. The summed E-state index contributed by atoms with van der Waals surface area (Å²) in [5.41, 5.74) is 6.02. The number of amides is 1. The SMILES string of the molecule is CCC(CC)C(=O)N1C[C@H]2CC(N)CC[C@H]2C1. The van der Waals surface area contributed by atoms with Crippen molar-refractivity contribution in [1.29, 1.82) is 0 Å². The maximum Gasteiger partial charge on any atom is 0.225 e. The summed E-state index contributed by atoms with van der Waals surface area (Å²) < 4.78 is 0. The van der Waals surface area contributed by atoms with Crippen molar-refractivity contribution in [2.75, 3.05) is 13.1 Å². The number of carbonyl (C=O) groups is 1. The zero-order chi connectivity index (χ0) is 12.4. The Labute approximate surface area is 105 Å². The van der Waals surface area contributed by atoms with Crippen LogP contribution in [0.3, 0.4) is 0 Å². The van der Waals surface area contributed by atoms with Crippen LogP contribution in [0.2, 0.25) is 0 Å². The second-order valence-corrected chi connectivity index (χ2v) is 5.85. The normalized spacial score (nSPS) is 32.9. The Bertz CT molecular complexity index is 275. The molecule has 17 heavy (non-hydrogen) atoms. The zero-order valence-electron chi connectivity index (χ0n) is 11.2. The lowest BCUT2D eigenvalue weighted by Gasteiger charge is -2.27. The lowest BCUT2D eigenvalue weighted by Crippen LogP contribution is -2.34. The van der Waals surface area contributed by atoms with Crippen molar-refractivity contribution in [3.8, 4) is 0 Å². The van der Waals surface area contributed by atoms with Crippen LogP contribution in [0.5, 0.6) is 0 Å². The third kappa shape index (κ3) is 2.65. The fourth-order valence-electron chi connectivity index (χ4n) is 3.54. The number of fused-ring (bicyclic) bond motifs is 1. The average molecular weight is 238 g/mol. The number of likely N-dealkylation sites (tertiary alicyclic amines) is 1. The van der Waals surface area contributed by atoms with Gasteiger partial charge in [0.05, 0.1) is 0 Å². The minimum atomic E-state index is 0.240. The van der Waals surface area contributed by atoms with Crippen molar-refractivity contribution >= 4 is 5.91 Å². The van der Waals surface area contributed by atoms with Gasteiger partial charge in [-0.25, -0.2) is 0 Å². The van der Waals surface area contributed by atoms with Gasteiger partial charge in [-0.2, -0.15) is 0 Å². The van der Waals surface area contributed by atoms with Crippen LogP contribution in [-0.2, 0) is 4.79 Å². The van der Waals surface area contributed by atoms with Gasteiger partial charge in [-0.15, -0.1) is 0 Å². The van der Waals surface area contributed by atoms with Crippen LogP contribution in [0.4, 0.5) is 0 Å². The van der Waals surface area contributed by atoms with E-state index in [1.54, 1.807) is 0 Å². The van der Waals surface area contributed by atoms with E-state index in [9.17, 15) is 4.79 Å². The van der Waals surface area contributed by atoms with E-state index in [4.69, 9.17) is 5.73 Å². The first-order chi connectivity index (χ1) is 8.15. The topological polar surface area (TPSA) is 46.3 Å². The minimum absolute atomic E-state index is 0.240. The molecule has 0 aromatic carbocycles. The average Bonchev–Trinajstić information content (AvgIpc) is 2.73. The highest BCUT2D eigenvalue weighted by molar-refractivity contribution is 5.79. The lowest BCUT2D eigenvalue weighted by atomic mass is 9.79. The van der Waals surface area contributed by atoms with Crippen LogP contribution in [0.25, 0.3) is 0 Å². The molecular weight excluding hydrogens is 212 g/mol. The minimum Gasteiger partial charge on any atom is -0.342 e. The molecule has 1 heterocycles. The van der Waals surface area contributed by atoms with E-state index in [2.05, 4.69) is 18.7 Å². The molecule has 1 aliphatic heterocycles. The van der Waals surface area contributed by atoms with E-state index in [1.807, 2.05) is 0 Å². The second kappa shape index (κ2) is 5.38. The van der Waals surface area contributed by atoms with Crippen molar-refractivity contribution < 1.29 is 4.79 Å². The van der Waals surface area contributed by atoms with Gasteiger partial charge in [0.25, 0.3) is 0 Å². The summed E-state index contributed by atoms with van der Waals surface area (Å²) in [6.07, 6.45) is 5.44. The number of nitrogens with two attached hydrogens (primary N) is 1. The van der Waals surface area contributed by atoms with Crippen LogP contribution in [0.15, 0.2) is 0 Å². The number of rotatable bonds is 3. The molecule has 1 saturated carbocycles. The second-order valence-electron chi connectivity index (χ2n) is 5.85. The van der Waals surface area contributed by atoms with Gasteiger partial charge in [-0.1, -0.05) is 13.8 Å². The summed E-state index contributed by atoms with van der Waals surface area (Å²) in [5.74, 6) is 2.03. The Balaban J connectivity index is 1.94. The number of hydrogen-bond donors (Lipinski definition) is 1. The quantitative estimate of drug-likeness (QED) is 0.817. The third-order valence-corrected chi connectivity index (χ3v) is 4.74. The van der Waals surface area contributed by atoms with Crippen LogP contribution in [0, 0.1) is 17.8 Å². The molecule has 0 bridgehead atoms. The smallest absolute Gasteiger partial charge is 0.225 e. The predicted molar refractivity (Wildman–Crippen MR) is 69.5 cm³/mol. The van der Waals surface area contributed by atoms with Gasteiger partial charge in [0, 0.05) is 25.0 Å². The molecule has 0 aromatic rings. The molecule has 1 saturated heterocycles. The summed E-state index contributed by atoms with van der Waals surface area (Å²) >= 11 is 0. The molecule has 2 N–H and O–H groups in total. The molecular formula is C14H26N2O. The molecule has 2 fully saturated rings. The fourth-order valence-corrected chi connectivity index (χ4v) is 3.54. The van der Waals surface area contributed by atoms with Crippen molar-refractivity contribution in [2.24, 2.45) is 23.5 Å². The Hall–Kier alpha value is -0.570. The molecule has 1 aliphatic carbocycles. The lowest BCUT2D eigenvalue weighted by molar-refractivity contribution is -0.134. The first kappa shape index (κ1) is 12.9. The first-order valence-electron chi connectivity index (χ1n) is 7.20. The van der Waals surface area contributed by atoms with Gasteiger partial charge in [-0.05, 0) is 43.9 Å². The highest BCUT2D eigenvalue weighted by Gasteiger charge is 2.39. The molecule has 2 rings (SSSR count). The summed E-state index contributed by atoms with van der Waals surface area (Å²) in [6, 6.07) is 0.374. The standard InChI is InChI=1S/C14H26N2O/c1-3-10(4-2)14(17)16-8-11-5-6-13(15)7-12(11)9-16/h10-13H,3-9,15H2,1-2H3/t11-,12+,13?/m0/s1. The van der Waals surface area contributed by atoms with E-state index in [-0.39, 0.29) is 5.92 Å². The van der Waals surface area contributed by atoms with E-state index in [0.29, 0.717) is 17.9 Å². The molecule has 3 nitrogen and oxygen atoms in total. The summed E-state index contributed by atoms with van der Waals surface area (Å²) in [4.78, 5) is 14.4. The molecule has 98 valence electrons. The third-order valence-electron chi connectivity index (χ3n) is 4.74. The van der Waals surface area contributed by atoms with Crippen LogP contribution in [-0.4, -0.2) is 29.9 Å². The van der Waals surface area contributed by atoms with Gasteiger partial charge in [0.15, 0.2) is 0 Å². The van der Waals surface area contributed by atoms with Crippen molar-refractivity contribution in [3.63, 3.8) is 0 Å². The maximum absolute atomic E-state index is 12.3. The molecule has 0 aromatic heterocycles. The largest absolute Gasteiger partial charge is 0.342 e. The van der Waals surface area contributed by atoms with Crippen molar-refractivity contribution in [1.82, 2.24) is 4.90 Å². The van der Waals surface area contributed by atoms with E-state index in [1.165, 1.54) is 6.42 Å². The molecule has 3 heteroatoms. The van der Waals surface area contributed by atoms with Crippen LogP contribution < -0.4 is 5.73 Å². The zero-order valence-corrected chi connectivity index (χ0v) is 11.2. The maximum atomic E-state index is 12.3. The molecule has 0 radical (unpaired) electrons. The Morgan fingerprint density at radius 2 is 1.88 bits per heavy atom. The van der Waals surface area contributed by atoms with E-state index in [0.717, 1.165) is 44.7 Å². The van der Waals surface area contributed by atoms with Gasteiger partial charge in [0.1, 0.15) is 0 Å². The first-order valence-corrected chi connectivity index (χ1v) is 7.20. The predicted octanol–water partition coefficient (Wildman–Crippen LogP) is 2.01. The number of carbonyl (C=O) groups excluding carboxylic acids is 1. The van der Waals surface area contributed by atoms with Crippen molar-refractivity contribution in [3.05, 3.63) is 0 Å². The Morgan fingerprint density at radius 3 is 2.53 bits per heavy atom. The van der Waals surface area contributed by atoms with Crippen LogP contribution in [0.1, 0.15) is 46.0 Å². The number of nitrogens with zero attached hydrogens (tertiary/aromatic N) is 1. The summed E-state index contributed by atoms with van der Waals surface area (Å²) in [6.45, 7) is 6.19. The fraction of sp³-hybridized carbons (Fsp3) is 0.929. The highest BCUT2D eigenvalue weighted by atomic mass is 16.2. The van der Waals surface area contributed by atoms with E-state index < -0.39 is 0 Å². The molecule has 1 unspecified atom stereocenters. The summed E-state index contributed by atoms with van der Waals surface area (Å²) in [7, 11) is 0. The molecule has 2 aliphatic rings. The molecule has 0 spiro atoms. The highest BCUT2D eigenvalue weighted by Crippen LogP contribution is 2.36. The van der Waals surface area contributed by atoms with Gasteiger partial charge in [0.2, 0.25) is 5.91 Å². The number of hydrogen-bond acceptors (Lipinski definition) is 2. The molecule has 3 atom stereocenters. The van der Waals surface area contributed by atoms with Gasteiger partial charge in [-0.3, -0.25) is 4.79 Å². The van der Waals surface area contributed by atoms with Gasteiger partial charge >= 0.3 is 0 Å².